The molecule has 1 amide bonds. The summed E-state index contributed by atoms with van der Waals surface area (Å²) in [7, 11) is 0. The number of carbonyl (C=O) groups excluding carboxylic acids is 1. The van der Waals surface area contributed by atoms with Crippen LogP contribution in [-0.4, -0.2) is 30.6 Å². The molecule has 3 rings (SSSR count). The number of aromatic nitrogens is 1. The largest absolute Gasteiger partial charge is 0.381 e. The molecule has 24 heavy (non-hydrogen) atoms. The normalized spacial score (nSPS) is 16.5. The molecule has 0 spiro atoms. The van der Waals surface area contributed by atoms with Crippen LogP contribution in [0.4, 0.5) is 0 Å². The van der Waals surface area contributed by atoms with Crippen LogP contribution in [0.25, 0.3) is 0 Å². The van der Waals surface area contributed by atoms with E-state index in [2.05, 4.69) is 34.6 Å². The van der Waals surface area contributed by atoms with Gasteiger partial charge in [0.05, 0.1) is 0 Å². The van der Waals surface area contributed by atoms with Crippen molar-refractivity contribution < 1.29 is 9.53 Å². The first-order valence-electron chi connectivity index (χ1n) is 8.57. The second-order valence-corrected chi connectivity index (χ2v) is 6.40. The molecule has 1 aromatic carbocycles. The van der Waals surface area contributed by atoms with Crippen LogP contribution < -0.4 is 5.32 Å². The highest BCUT2D eigenvalue weighted by molar-refractivity contribution is 5.76. The van der Waals surface area contributed by atoms with Crippen LogP contribution >= 0.6 is 0 Å². The minimum atomic E-state index is -0.0104. The summed E-state index contributed by atoms with van der Waals surface area (Å²) in [5.41, 5.74) is 2.38. The van der Waals surface area contributed by atoms with Crippen LogP contribution in [0, 0.1) is 0 Å². The molecule has 0 unspecified atom stereocenters. The lowest BCUT2D eigenvalue weighted by atomic mass is 9.74. The van der Waals surface area contributed by atoms with Crippen LogP contribution in [0.15, 0.2) is 54.9 Å². The van der Waals surface area contributed by atoms with Gasteiger partial charge in [-0.3, -0.25) is 9.78 Å². The summed E-state index contributed by atoms with van der Waals surface area (Å²) in [6, 6.07) is 14.4. The highest BCUT2D eigenvalue weighted by atomic mass is 16.5. The standard InChI is InChI=1S/C20H24N2O2/c23-19(9-8-17-5-4-12-21-15-17)22-16-20(10-13-24-14-11-20)18-6-2-1-3-7-18/h1-7,12,15H,8-11,13-14,16H2,(H,22,23). The SMILES string of the molecule is O=C(CCc1cccnc1)NCC1(c2ccccc2)CCOCC1. The Hall–Kier alpha value is -2.20. The van der Waals surface area contributed by atoms with Crippen molar-refractivity contribution >= 4 is 5.91 Å². The fraction of sp³-hybridized carbons (Fsp3) is 0.400. The third kappa shape index (κ3) is 4.20. The highest BCUT2D eigenvalue weighted by Gasteiger charge is 2.34. The van der Waals surface area contributed by atoms with E-state index in [4.69, 9.17) is 4.74 Å². The van der Waals surface area contributed by atoms with Crippen LogP contribution in [-0.2, 0) is 21.4 Å². The third-order valence-electron chi connectivity index (χ3n) is 4.82. The Kier molecular flexibility index (Phi) is 5.59. The molecular formula is C20H24N2O2. The first-order chi connectivity index (χ1) is 11.8. The fourth-order valence-corrected chi connectivity index (χ4v) is 3.28. The van der Waals surface area contributed by atoms with Crippen molar-refractivity contribution in [3.8, 4) is 0 Å². The van der Waals surface area contributed by atoms with Crippen LogP contribution in [0.1, 0.15) is 30.4 Å². The molecule has 1 N–H and O–H groups in total. The minimum absolute atomic E-state index is 0.0104. The molecular weight excluding hydrogens is 300 g/mol. The molecule has 1 saturated heterocycles. The second-order valence-electron chi connectivity index (χ2n) is 6.40. The molecule has 2 heterocycles. The molecule has 0 bridgehead atoms. The highest BCUT2D eigenvalue weighted by Crippen LogP contribution is 2.34. The summed E-state index contributed by atoms with van der Waals surface area (Å²) < 4.78 is 5.54. The number of benzene rings is 1. The zero-order chi connectivity index (χ0) is 16.7. The smallest absolute Gasteiger partial charge is 0.220 e. The molecule has 126 valence electrons. The molecule has 1 fully saturated rings. The van der Waals surface area contributed by atoms with Gasteiger partial charge in [-0.1, -0.05) is 36.4 Å². The Bertz CT molecular complexity index is 637. The first kappa shape index (κ1) is 16.7. The average molecular weight is 324 g/mol. The zero-order valence-electron chi connectivity index (χ0n) is 13.9. The van der Waals surface area contributed by atoms with Crippen LogP contribution in [0.5, 0.6) is 0 Å². The second kappa shape index (κ2) is 8.06. The Labute approximate surface area is 143 Å². The van der Waals surface area contributed by atoms with E-state index in [0.29, 0.717) is 13.0 Å². The maximum absolute atomic E-state index is 12.3. The quantitative estimate of drug-likeness (QED) is 0.889. The number of nitrogens with zero attached hydrogens (tertiary/aromatic N) is 1. The summed E-state index contributed by atoms with van der Waals surface area (Å²) in [6.45, 7) is 2.17. The van der Waals surface area contributed by atoms with Gasteiger partial charge in [-0.2, -0.15) is 0 Å². The van der Waals surface area contributed by atoms with Gasteiger partial charge in [-0.15, -0.1) is 0 Å². The van der Waals surface area contributed by atoms with Crippen molar-refractivity contribution in [2.24, 2.45) is 0 Å². The van der Waals surface area contributed by atoms with Gasteiger partial charge >= 0.3 is 0 Å². The van der Waals surface area contributed by atoms with Gasteiger partial charge in [-0.05, 0) is 36.5 Å². The number of rotatable bonds is 6. The van der Waals surface area contributed by atoms with Gasteiger partial charge in [-0.25, -0.2) is 0 Å². The Morgan fingerprint density at radius 1 is 1.12 bits per heavy atom. The first-order valence-corrected chi connectivity index (χ1v) is 8.57. The molecule has 1 aliphatic heterocycles. The van der Waals surface area contributed by atoms with Gasteiger partial charge in [0.1, 0.15) is 0 Å². The van der Waals surface area contributed by atoms with E-state index in [1.807, 2.05) is 24.4 Å². The fourth-order valence-electron chi connectivity index (χ4n) is 3.28. The average Bonchev–Trinajstić information content (AvgIpc) is 2.67. The number of nitrogens with one attached hydrogen (secondary N) is 1. The summed E-state index contributed by atoms with van der Waals surface area (Å²) in [5, 5.41) is 3.15. The van der Waals surface area contributed by atoms with Gasteiger partial charge < -0.3 is 10.1 Å². The number of aryl methyl sites for hydroxylation is 1. The van der Waals surface area contributed by atoms with E-state index in [1.54, 1.807) is 6.20 Å². The Morgan fingerprint density at radius 3 is 2.62 bits per heavy atom. The number of ether oxygens (including phenoxy) is 1. The third-order valence-corrected chi connectivity index (χ3v) is 4.82. The summed E-state index contributed by atoms with van der Waals surface area (Å²) in [4.78, 5) is 16.4. The Morgan fingerprint density at radius 2 is 1.92 bits per heavy atom. The monoisotopic (exact) mass is 324 g/mol. The van der Waals surface area contributed by atoms with E-state index in [0.717, 1.165) is 38.0 Å². The predicted molar refractivity (Wildman–Crippen MR) is 93.7 cm³/mol. The molecule has 1 aliphatic rings. The van der Waals surface area contributed by atoms with Gasteiger partial charge in [0.2, 0.25) is 5.91 Å². The molecule has 0 atom stereocenters. The number of carbonyl (C=O) groups is 1. The van der Waals surface area contributed by atoms with E-state index < -0.39 is 0 Å². The topological polar surface area (TPSA) is 51.2 Å². The predicted octanol–water partition coefficient (Wildman–Crippen LogP) is 2.88. The van der Waals surface area contributed by atoms with Crippen molar-refractivity contribution in [1.82, 2.24) is 10.3 Å². The van der Waals surface area contributed by atoms with Crippen molar-refractivity contribution in [1.29, 1.82) is 0 Å². The molecule has 0 aliphatic carbocycles. The molecule has 2 aromatic rings. The molecule has 4 nitrogen and oxygen atoms in total. The number of amides is 1. The van der Waals surface area contributed by atoms with E-state index in [1.165, 1.54) is 5.56 Å². The maximum Gasteiger partial charge on any atom is 0.220 e. The Balaban J connectivity index is 1.58. The lowest BCUT2D eigenvalue weighted by Crippen LogP contribution is -2.44. The van der Waals surface area contributed by atoms with Crippen molar-refractivity contribution in [2.75, 3.05) is 19.8 Å². The molecule has 0 radical (unpaired) electrons. The maximum atomic E-state index is 12.3. The number of pyridine rings is 1. The van der Waals surface area contributed by atoms with E-state index >= 15 is 0 Å². The van der Waals surface area contributed by atoms with Crippen molar-refractivity contribution in [3.63, 3.8) is 0 Å². The van der Waals surface area contributed by atoms with Crippen molar-refractivity contribution in [2.45, 2.75) is 31.1 Å². The van der Waals surface area contributed by atoms with Crippen molar-refractivity contribution in [3.05, 3.63) is 66.0 Å². The van der Waals surface area contributed by atoms with E-state index in [-0.39, 0.29) is 11.3 Å². The van der Waals surface area contributed by atoms with Gasteiger partial charge in [0.15, 0.2) is 0 Å². The summed E-state index contributed by atoms with van der Waals surface area (Å²) in [5.74, 6) is 0.0978. The number of hydrogen-bond acceptors (Lipinski definition) is 3. The van der Waals surface area contributed by atoms with Gasteiger partial charge in [0.25, 0.3) is 0 Å². The molecule has 4 heteroatoms. The minimum Gasteiger partial charge on any atom is -0.381 e. The zero-order valence-corrected chi connectivity index (χ0v) is 13.9. The summed E-state index contributed by atoms with van der Waals surface area (Å²) >= 11 is 0. The van der Waals surface area contributed by atoms with Crippen LogP contribution in [0.2, 0.25) is 0 Å². The van der Waals surface area contributed by atoms with Crippen LogP contribution in [0.3, 0.4) is 0 Å². The summed E-state index contributed by atoms with van der Waals surface area (Å²) in [6.07, 6.45) is 6.67. The number of hydrogen-bond donors (Lipinski definition) is 1. The molecule has 1 aromatic heterocycles. The molecule has 0 saturated carbocycles. The lowest BCUT2D eigenvalue weighted by Gasteiger charge is -2.38. The van der Waals surface area contributed by atoms with Gasteiger partial charge in [0, 0.05) is 44.0 Å². The lowest BCUT2D eigenvalue weighted by molar-refractivity contribution is -0.121. The van der Waals surface area contributed by atoms with E-state index in [9.17, 15) is 4.79 Å².